The Hall–Kier alpha value is -1.61. The Bertz CT molecular complexity index is 597. The second-order valence-electron chi connectivity index (χ2n) is 5.81. The third-order valence-electron chi connectivity index (χ3n) is 3.87. The first-order chi connectivity index (χ1) is 10.1. The fourth-order valence-corrected chi connectivity index (χ4v) is 2.69. The van der Waals surface area contributed by atoms with E-state index >= 15 is 0 Å². The summed E-state index contributed by atoms with van der Waals surface area (Å²) in [5.41, 5.74) is 6.37. The molecule has 2 aromatic rings. The van der Waals surface area contributed by atoms with E-state index in [0.29, 0.717) is 6.04 Å². The minimum absolute atomic E-state index is 0.487. The van der Waals surface area contributed by atoms with Gasteiger partial charge in [0.15, 0.2) is 0 Å². The Balaban J connectivity index is 2.50. The molecule has 0 unspecified atom stereocenters. The first-order valence-electron chi connectivity index (χ1n) is 7.97. The number of hydrogen-bond donors (Lipinski definition) is 1. The molecule has 0 radical (unpaired) electrons. The van der Waals surface area contributed by atoms with Crippen molar-refractivity contribution >= 4 is 0 Å². The number of nitrogens with one attached hydrogen (secondary N) is 1. The van der Waals surface area contributed by atoms with Crippen molar-refractivity contribution in [1.82, 2.24) is 15.1 Å². The molecule has 21 heavy (non-hydrogen) atoms. The summed E-state index contributed by atoms with van der Waals surface area (Å²) in [4.78, 5) is 0. The molecule has 3 heteroatoms. The summed E-state index contributed by atoms with van der Waals surface area (Å²) in [6.07, 6.45) is 1.97. The topological polar surface area (TPSA) is 29.9 Å². The van der Waals surface area contributed by atoms with Crippen molar-refractivity contribution in [2.75, 3.05) is 0 Å². The number of hydrogen-bond acceptors (Lipinski definition) is 2. The standard InChI is InChI=1S/C18H27N3/c1-6-16-15(12-19-13(3)4)17(7-2)21(20-16)18-11-9-8-10-14(18)5/h8-11,13,19H,6-7,12H2,1-5H3. The minimum Gasteiger partial charge on any atom is -0.310 e. The molecule has 0 aliphatic heterocycles. The zero-order valence-corrected chi connectivity index (χ0v) is 13.9. The van der Waals surface area contributed by atoms with Crippen molar-refractivity contribution in [3.63, 3.8) is 0 Å². The van der Waals surface area contributed by atoms with Gasteiger partial charge in [-0.2, -0.15) is 5.10 Å². The van der Waals surface area contributed by atoms with Crippen LogP contribution in [0.5, 0.6) is 0 Å². The maximum Gasteiger partial charge on any atom is 0.0678 e. The van der Waals surface area contributed by atoms with Gasteiger partial charge in [-0.25, -0.2) is 4.68 Å². The average Bonchev–Trinajstić information content (AvgIpc) is 2.83. The lowest BCUT2D eigenvalue weighted by Gasteiger charge is -2.12. The third-order valence-corrected chi connectivity index (χ3v) is 3.87. The summed E-state index contributed by atoms with van der Waals surface area (Å²) in [5.74, 6) is 0. The molecule has 1 N–H and O–H groups in total. The molecule has 0 aliphatic rings. The molecule has 0 aliphatic carbocycles. The lowest BCUT2D eigenvalue weighted by atomic mass is 10.1. The van der Waals surface area contributed by atoms with E-state index in [1.165, 1.54) is 28.2 Å². The molecule has 114 valence electrons. The Morgan fingerprint density at radius 1 is 1.14 bits per heavy atom. The first-order valence-corrected chi connectivity index (χ1v) is 7.97. The normalized spacial score (nSPS) is 11.3. The summed E-state index contributed by atoms with van der Waals surface area (Å²) in [7, 11) is 0. The van der Waals surface area contributed by atoms with Crippen LogP contribution in [-0.2, 0) is 19.4 Å². The van der Waals surface area contributed by atoms with E-state index in [1.807, 2.05) is 0 Å². The summed E-state index contributed by atoms with van der Waals surface area (Å²) in [6, 6.07) is 8.95. The predicted molar refractivity (Wildman–Crippen MR) is 89.0 cm³/mol. The highest BCUT2D eigenvalue weighted by molar-refractivity contribution is 5.43. The van der Waals surface area contributed by atoms with Gasteiger partial charge in [-0.15, -0.1) is 0 Å². The van der Waals surface area contributed by atoms with Crippen LogP contribution in [0.25, 0.3) is 5.69 Å². The number of para-hydroxylation sites is 1. The van der Waals surface area contributed by atoms with Crippen LogP contribution in [0.2, 0.25) is 0 Å². The number of aromatic nitrogens is 2. The minimum atomic E-state index is 0.487. The zero-order valence-electron chi connectivity index (χ0n) is 13.9. The maximum absolute atomic E-state index is 4.89. The molecule has 3 nitrogen and oxygen atoms in total. The molecule has 0 bridgehead atoms. The highest BCUT2D eigenvalue weighted by Gasteiger charge is 2.17. The van der Waals surface area contributed by atoms with Gasteiger partial charge in [-0.05, 0) is 31.4 Å². The van der Waals surface area contributed by atoms with Gasteiger partial charge in [-0.3, -0.25) is 0 Å². The summed E-state index contributed by atoms with van der Waals surface area (Å²) >= 11 is 0. The SMILES string of the molecule is CCc1nn(-c2ccccc2C)c(CC)c1CNC(C)C. The lowest BCUT2D eigenvalue weighted by molar-refractivity contribution is 0.584. The quantitative estimate of drug-likeness (QED) is 0.875. The molecule has 0 saturated carbocycles. The molecule has 0 fully saturated rings. The van der Waals surface area contributed by atoms with E-state index in [1.54, 1.807) is 0 Å². The van der Waals surface area contributed by atoms with Gasteiger partial charge in [0.25, 0.3) is 0 Å². The van der Waals surface area contributed by atoms with Crippen LogP contribution in [0.1, 0.15) is 50.2 Å². The van der Waals surface area contributed by atoms with Crippen molar-refractivity contribution in [2.45, 2.75) is 60.0 Å². The Labute approximate surface area is 128 Å². The van der Waals surface area contributed by atoms with Crippen molar-refractivity contribution < 1.29 is 0 Å². The molecule has 1 aromatic heterocycles. The predicted octanol–water partition coefficient (Wildman–Crippen LogP) is 3.80. The van der Waals surface area contributed by atoms with Gasteiger partial charge >= 0.3 is 0 Å². The van der Waals surface area contributed by atoms with Gasteiger partial charge in [0.1, 0.15) is 0 Å². The average molecular weight is 285 g/mol. The van der Waals surface area contributed by atoms with Gasteiger partial charge in [0.05, 0.1) is 11.4 Å². The van der Waals surface area contributed by atoms with Gasteiger partial charge < -0.3 is 5.32 Å². The molecular formula is C18H27N3. The van der Waals surface area contributed by atoms with Crippen molar-refractivity contribution in [3.8, 4) is 5.69 Å². The van der Waals surface area contributed by atoms with Crippen molar-refractivity contribution in [2.24, 2.45) is 0 Å². The fraction of sp³-hybridized carbons (Fsp3) is 0.500. The number of aryl methyl sites for hydroxylation is 2. The molecule has 0 amide bonds. The highest BCUT2D eigenvalue weighted by Crippen LogP contribution is 2.22. The van der Waals surface area contributed by atoms with E-state index in [-0.39, 0.29) is 0 Å². The Morgan fingerprint density at radius 2 is 1.86 bits per heavy atom. The summed E-state index contributed by atoms with van der Waals surface area (Å²) in [5, 5.41) is 8.42. The van der Waals surface area contributed by atoms with E-state index in [2.05, 4.69) is 68.9 Å². The van der Waals surface area contributed by atoms with Gasteiger partial charge in [-0.1, -0.05) is 45.9 Å². The summed E-state index contributed by atoms with van der Waals surface area (Å²) < 4.78 is 2.14. The number of benzene rings is 1. The number of rotatable bonds is 6. The third kappa shape index (κ3) is 3.35. The van der Waals surface area contributed by atoms with Crippen LogP contribution >= 0.6 is 0 Å². The highest BCUT2D eigenvalue weighted by atomic mass is 15.3. The molecule has 0 spiro atoms. The monoisotopic (exact) mass is 285 g/mol. The summed E-state index contributed by atoms with van der Waals surface area (Å²) in [6.45, 7) is 11.8. The zero-order chi connectivity index (χ0) is 15.4. The molecule has 2 rings (SSSR count). The van der Waals surface area contributed by atoms with E-state index in [9.17, 15) is 0 Å². The van der Waals surface area contributed by atoms with E-state index in [4.69, 9.17) is 5.10 Å². The van der Waals surface area contributed by atoms with Crippen molar-refractivity contribution in [3.05, 3.63) is 46.8 Å². The lowest BCUT2D eigenvalue weighted by Crippen LogP contribution is -2.23. The molecule has 0 atom stereocenters. The van der Waals surface area contributed by atoms with Crippen LogP contribution in [0, 0.1) is 6.92 Å². The Kier molecular flexibility index (Phi) is 5.18. The van der Waals surface area contributed by atoms with Gasteiger partial charge in [0, 0.05) is 23.8 Å². The second kappa shape index (κ2) is 6.90. The van der Waals surface area contributed by atoms with Crippen molar-refractivity contribution in [1.29, 1.82) is 0 Å². The molecule has 1 heterocycles. The smallest absolute Gasteiger partial charge is 0.0678 e. The largest absolute Gasteiger partial charge is 0.310 e. The van der Waals surface area contributed by atoms with E-state index in [0.717, 1.165) is 19.4 Å². The first kappa shape index (κ1) is 15.8. The number of nitrogens with zero attached hydrogens (tertiary/aromatic N) is 2. The van der Waals surface area contributed by atoms with E-state index < -0.39 is 0 Å². The molecular weight excluding hydrogens is 258 g/mol. The van der Waals surface area contributed by atoms with Crippen LogP contribution < -0.4 is 5.32 Å². The van der Waals surface area contributed by atoms with Crippen LogP contribution in [0.15, 0.2) is 24.3 Å². The maximum atomic E-state index is 4.89. The van der Waals surface area contributed by atoms with Crippen LogP contribution in [0.4, 0.5) is 0 Å². The molecule has 1 aromatic carbocycles. The van der Waals surface area contributed by atoms with Gasteiger partial charge in [0.2, 0.25) is 0 Å². The Morgan fingerprint density at radius 3 is 2.43 bits per heavy atom. The van der Waals surface area contributed by atoms with Crippen LogP contribution in [0.3, 0.4) is 0 Å². The molecule has 0 saturated heterocycles. The second-order valence-corrected chi connectivity index (χ2v) is 5.81. The van der Waals surface area contributed by atoms with Crippen LogP contribution in [-0.4, -0.2) is 15.8 Å². The fourth-order valence-electron chi connectivity index (χ4n) is 2.69.